The average Bonchev–Trinajstić information content (AvgIpc) is 3.39. The predicted molar refractivity (Wildman–Crippen MR) is 111 cm³/mol. The number of amides is 1. The molecular weight excluding hydrogens is 420 g/mol. The number of aryl methyl sites for hydroxylation is 1. The Morgan fingerprint density at radius 1 is 1.09 bits per heavy atom. The molecule has 2 aromatic carbocycles. The number of esters is 1. The number of hydrogen-bond acceptors (Lipinski definition) is 5. The monoisotopic (exact) mass is 441 g/mol. The molecule has 166 valence electrons. The first-order chi connectivity index (χ1) is 15.4. The zero-order valence-electron chi connectivity index (χ0n) is 17.5. The first-order valence-electron chi connectivity index (χ1n) is 9.97. The Morgan fingerprint density at radius 2 is 1.81 bits per heavy atom. The molecule has 0 radical (unpaired) electrons. The lowest BCUT2D eigenvalue weighted by Crippen LogP contribution is -2.42. The van der Waals surface area contributed by atoms with Crippen LogP contribution in [0.3, 0.4) is 0 Å². The van der Waals surface area contributed by atoms with Gasteiger partial charge in [-0.15, -0.1) is 0 Å². The molecule has 2 heterocycles. The third-order valence-corrected chi connectivity index (χ3v) is 5.37. The molecule has 32 heavy (non-hydrogen) atoms. The highest BCUT2D eigenvalue weighted by Crippen LogP contribution is 2.28. The minimum Gasteiger partial charge on any atom is -0.485 e. The number of benzene rings is 2. The minimum atomic E-state index is -0.881. The van der Waals surface area contributed by atoms with Gasteiger partial charge < -0.3 is 14.4 Å². The van der Waals surface area contributed by atoms with Gasteiger partial charge in [0.2, 0.25) is 0 Å². The Labute approximate surface area is 183 Å². The van der Waals surface area contributed by atoms with E-state index in [4.69, 9.17) is 9.47 Å². The van der Waals surface area contributed by atoms with E-state index in [0.29, 0.717) is 11.3 Å². The highest BCUT2D eigenvalue weighted by Gasteiger charge is 2.42. The van der Waals surface area contributed by atoms with Crippen LogP contribution in [0.2, 0.25) is 0 Å². The summed E-state index contributed by atoms with van der Waals surface area (Å²) in [7, 11) is 2.85. The molecule has 1 aliphatic heterocycles. The van der Waals surface area contributed by atoms with E-state index in [1.807, 2.05) is 0 Å². The highest BCUT2D eigenvalue weighted by molar-refractivity contribution is 5.96. The number of nitrogens with zero attached hydrogens (tertiary/aromatic N) is 3. The summed E-state index contributed by atoms with van der Waals surface area (Å²) < 4.78 is 39.2. The summed E-state index contributed by atoms with van der Waals surface area (Å²) in [5.74, 6) is -1.88. The molecule has 0 saturated carbocycles. The number of para-hydroxylation sites is 1. The second-order valence-electron chi connectivity index (χ2n) is 7.45. The van der Waals surface area contributed by atoms with Crippen molar-refractivity contribution in [1.29, 1.82) is 0 Å². The van der Waals surface area contributed by atoms with E-state index in [1.54, 1.807) is 37.4 Å². The lowest BCUT2D eigenvalue weighted by Gasteiger charge is -2.22. The summed E-state index contributed by atoms with van der Waals surface area (Å²) in [6.07, 6.45) is -0.431. The van der Waals surface area contributed by atoms with E-state index < -0.39 is 29.8 Å². The molecule has 1 aromatic heterocycles. The standard InChI is InChI=1S/C23H21F2N3O4/c1-27-19(12-18(26-27)14-7-9-15(24)10-8-14)22(29)28-13-16(11-20(28)23(30)31-2)32-21-6-4-3-5-17(21)25/h3-10,12,16,20H,11,13H2,1-2H3/t16-,20-/m0/s1. The van der Waals surface area contributed by atoms with Crippen LogP contribution in [0.1, 0.15) is 16.9 Å². The van der Waals surface area contributed by atoms with Crippen LogP contribution in [0.25, 0.3) is 11.3 Å². The summed E-state index contributed by atoms with van der Waals surface area (Å²) in [6, 6.07) is 12.4. The van der Waals surface area contributed by atoms with Crippen molar-refractivity contribution in [1.82, 2.24) is 14.7 Å². The third-order valence-electron chi connectivity index (χ3n) is 5.37. The van der Waals surface area contributed by atoms with Gasteiger partial charge in [0.25, 0.3) is 5.91 Å². The molecule has 0 N–H and O–H groups in total. The average molecular weight is 441 g/mol. The fourth-order valence-corrected chi connectivity index (χ4v) is 3.76. The Hall–Kier alpha value is -3.75. The second-order valence-corrected chi connectivity index (χ2v) is 7.45. The van der Waals surface area contributed by atoms with Gasteiger partial charge >= 0.3 is 5.97 Å². The van der Waals surface area contributed by atoms with Gasteiger partial charge in [0.15, 0.2) is 11.6 Å². The largest absolute Gasteiger partial charge is 0.485 e. The van der Waals surface area contributed by atoms with Crippen LogP contribution in [0.4, 0.5) is 8.78 Å². The quantitative estimate of drug-likeness (QED) is 0.569. The molecule has 2 atom stereocenters. The van der Waals surface area contributed by atoms with Crippen LogP contribution in [-0.4, -0.2) is 52.4 Å². The van der Waals surface area contributed by atoms with Crippen LogP contribution in [-0.2, 0) is 16.6 Å². The van der Waals surface area contributed by atoms with Crippen LogP contribution in [0, 0.1) is 11.6 Å². The molecule has 0 unspecified atom stereocenters. The fraction of sp³-hybridized carbons (Fsp3) is 0.261. The number of rotatable bonds is 5. The van der Waals surface area contributed by atoms with Crippen LogP contribution >= 0.6 is 0 Å². The topological polar surface area (TPSA) is 73.7 Å². The Morgan fingerprint density at radius 3 is 2.50 bits per heavy atom. The summed E-state index contributed by atoms with van der Waals surface area (Å²) in [5, 5.41) is 4.34. The molecular formula is C23H21F2N3O4. The highest BCUT2D eigenvalue weighted by atomic mass is 19.1. The van der Waals surface area contributed by atoms with E-state index in [9.17, 15) is 18.4 Å². The van der Waals surface area contributed by atoms with E-state index in [0.717, 1.165) is 0 Å². The number of carbonyl (C=O) groups is 2. The molecule has 1 amide bonds. The summed E-state index contributed by atoms with van der Waals surface area (Å²) in [6.45, 7) is 0.0734. The molecule has 0 bridgehead atoms. The van der Waals surface area contributed by atoms with E-state index >= 15 is 0 Å². The predicted octanol–water partition coefficient (Wildman–Crippen LogP) is 3.20. The van der Waals surface area contributed by atoms with Crippen LogP contribution < -0.4 is 4.74 Å². The first-order valence-corrected chi connectivity index (χ1v) is 9.97. The number of aromatic nitrogens is 2. The van der Waals surface area contributed by atoms with Crippen molar-refractivity contribution in [2.75, 3.05) is 13.7 Å². The van der Waals surface area contributed by atoms with Gasteiger partial charge in [-0.05, 0) is 42.5 Å². The van der Waals surface area contributed by atoms with Crippen LogP contribution in [0.15, 0.2) is 54.6 Å². The Balaban J connectivity index is 1.59. The SMILES string of the molecule is COC(=O)[C@@H]1C[C@H](Oc2ccccc2F)CN1C(=O)c1cc(-c2ccc(F)cc2)nn1C. The van der Waals surface area contributed by atoms with Gasteiger partial charge in [-0.1, -0.05) is 12.1 Å². The maximum absolute atomic E-state index is 14.0. The van der Waals surface area contributed by atoms with Gasteiger partial charge in [-0.3, -0.25) is 9.48 Å². The molecule has 0 aliphatic carbocycles. The zero-order chi connectivity index (χ0) is 22.8. The lowest BCUT2D eigenvalue weighted by molar-refractivity contribution is -0.145. The number of hydrogen-bond donors (Lipinski definition) is 0. The lowest BCUT2D eigenvalue weighted by atomic mass is 10.1. The van der Waals surface area contributed by atoms with Crippen molar-refractivity contribution in [3.8, 4) is 17.0 Å². The van der Waals surface area contributed by atoms with Gasteiger partial charge in [-0.2, -0.15) is 5.10 Å². The van der Waals surface area contributed by atoms with E-state index in [2.05, 4.69) is 5.10 Å². The molecule has 9 heteroatoms. The fourth-order valence-electron chi connectivity index (χ4n) is 3.76. The van der Waals surface area contributed by atoms with E-state index in [-0.39, 0.29) is 30.2 Å². The molecule has 0 spiro atoms. The van der Waals surface area contributed by atoms with Gasteiger partial charge in [0.1, 0.15) is 23.7 Å². The van der Waals surface area contributed by atoms with Gasteiger partial charge in [0, 0.05) is 19.0 Å². The van der Waals surface area contributed by atoms with Crippen LogP contribution in [0.5, 0.6) is 5.75 Å². The number of ether oxygens (including phenoxy) is 2. The maximum atomic E-state index is 14.0. The number of halogens is 2. The molecule has 4 rings (SSSR count). The van der Waals surface area contributed by atoms with Crippen molar-refractivity contribution in [3.63, 3.8) is 0 Å². The normalized spacial score (nSPS) is 17.9. The molecule has 3 aromatic rings. The summed E-state index contributed by atoms with van der Waals surface area (Å²) in [4.78, 5) is 27.0. The van der Waals surface area contributed by atoms with Crippen molar-refractivity contribution in [3.05, 3.63) is 71.9 Å². The molecule has 1 aliphatic rings. The van der Waals surface area contributed by atoms with E-state index in [1.165, 1.54) is 41.0 Å². The Bertz CT molecular complexity index is 1150. The van der Waals surface area contributed by atoms with Crippen molar-refractivity contribution in [2.45, 2.75) is 18.6 Å². The molecule has 1 saturated heterocycles. The zero-order valence-corrected chi connectivity index (χ0v) is 17.5. The molecule has 7 nitrogen and oxygen atoms in total. The summed E-state index contributed by atoms with van der Waals surface area (Å²) >= 11 is 0. The second kappa shape index (κ2) is 8.78. The van der Waals surface area contributed by atoms with Gasteiger partial charge in [-0.25, -0.2) is 13.6 Å². The number of likely N-dealkylation sites (tertiary alicyclic amines) is 1. The minimum absolute atomic E-state index is 0.0505. The Kier molecular flexibility index (Phi) is 5.89. The van der Waals surface area contributed by atoms with Crippen molar-refractivity contribution in [2.24, 2.45) is 7.05 Å². The van der Waals surface area contributed by atoms with Crippen molar-refractivity contribution < 1.29 is 27.8 Å². The maximum Gasteiger partial charge on any atom is 0.328 e. The third kappa shape index (κ3) is 4.18. The van der Waals surface area contributed by atoms with Gasteiger partial charge in [0.05, 0.1) is 19.3 Å². The smallest absolute Gasteiger partial charge is 0.328 e. The first kappa shape index (κ1) is 21.5. The molecule has 1 fully saturated rings. The van der Waals surface area contributed by atoms with Crippen molar-refractivity contribution >= 4 is 11.9 Å². The number of methoxy groups -OCH3 is 1. The number of carbonyl (C=O) groups excluding carboxylic acids is 2. The summed E-state index contributed by atoms with van der Waals surface area (Å²) in [5.41, 5.74) is 1.38.